The Bertz CT molecular complexity index is 1200. The molecule has 2 fully saturated rings. The van der Waals surface area contributed by atoms with Gasteiger partial charge in [-0.05, 0) is 95.7 Å². The normalized spacial score (nSPS) is 24.9. The molecule has 0 amide bonds. The van der Waals surface area contributed by atoms with Gasteiger partial charge in [-0.3, -0.25) is 0 Å². The van der Waals surface area contributed by atoms with Crippen molar-refractivity contribution in [2.24, 2.45) is 22.7 Å². The predicted molar refractivity (Wildman–Crippen MR) is 164 cm³/mol. The van der Waals surface area contributed by atoms with E-state index in [0.717, 1.165) is 49.8 Å². The standard InChI is InChI=1S/C18H16N.C18H34O2.Ir/c1-13(2)16-9-8-14-10-11-19-18(17(14)12-16)15-6-4-3-5-7-15;1-5-17(6-2)11-9-10-13-12-18(7-3,8-4)16(20)14(13)15(17)19;/h3-6,8-13H,1-2H3;13-16,19-20H,5-12H2,1-4H3;/q-1;;. The Hall–Kier alpha value is -1.58. The Morgan fingerprint density at radius 1 is 0.925 bits per heavy atom. The molecule has 4 unspecified atom stereocenters. The van der Waals surface area contributed by atoms with Crippen LogP contribution in [0.1, 0.15) is 104 Å². The van der Waals surface area contributed by atoms with Crippen LogP contribution >= 0.6 is 0 Å². The summed E-state index contributed by atoms with van der Waals surface area (Å²) in [5, 5.41) is 24.5. The van der Waals surface area contributed by atoms with Gasteiger partial charge in [-0.25, -0.2) is 0 Å². The van der Waals surface area contributed by atoms with Crippen molar-refractivity contribution in [3.63, 3.8) is 0 Å². The summed E-state index contributed by atoms with van der Waals surface area (Å²) in [6, 6.07) is 20.0. The van der Waals surface area contributed by atoms with Gasteiger partial charge in [-0.2, -0.15) is 0 Å². The first-order valence-electron chi connectivity index (χ1n) is 15.5. The average molecular weight is 721 g/mol. The number of rotatable bonds is 6. The summed E-state index contributed by atoms with van der Waals surface area (Å²) in [5.41, 5.74) is 3.51. The van der Waals surface area contributed by atoms with Crippen LogP contribution < -0.4 is 0 Å². The summed E-state index contributed by atoms with van der Waals surface area (Å²) in [6.07, 6.45) is 10.0. The Balaban J connectivity index is 0.000000215. The van der Waals surface area contributed by atoms with Crippen LogP contribution in [0.2, 0.25) is 0 Å². The van der Waals surface area contributed by atoms with Gasteiger partial charge >= 0.3 is 0 Å². The monoisotopic (exact) mass is 721 g/mol. The van der Waals surface area contributed by atoms with Gasteiger partial charge in [0.05, 0.1) is 12.2 Å². The van der Waals surface area contributed by atoms with Crippen LogP contribution in [0, 0.1) is 28.7 Å². The minimum atomic E-state index is -0.319. The smallest absolute Gasteiger partial charge is 0.0651 e. The van der Waals surface area contributed by atoms with Gasteiger partial charge in [0, 0.05) is 32.2 Å². The Kier molecular flexibility index (Phi) is 11.6. The van der Waals surface area contributed by atoms with Crippen molar-refractivity contribution < 1.29 is 30.3 Å². The van der Waals surface area contributed by atoms with Crippen molar-refractivity contribution in [2.75, 3.05) is 0 Å². The third-order valence-electron chi connectivity index (χ3n) is 10.7. The second kappa shape index (κ2) is 14.1. The molecule has 1 radical (unpaired) electrons. The number of aliphatic hydroxyl groups is 2. The molecule has 2 N–H and O–H groups in total. The molecule has 3 aromatic rings. The zero-order valence-electron chi connectivity index (χ0n) is 25.4. The number of hydrogen-bond donors (Lipinski definition) is 2. The molecule has 4 heteroatoms. The summed E-state index contributed by atoms with van der Waals surface area (Å²) < 4.78 is 0. The maximum atomic E-state index is 11.1. The fourth-order valence-corrected chi connectivity index (χ4v) is 7.72. The predicted octanol–water partition coefficient (Wildman–Crippen LogP) is 8.96. The Morgan fingerprint density at radius 2 is 1.60 bits per heavy atom. The first kappa shape index (κ1) is 32.9. The summed E-state index contributed by atoms with van der Waals surface area (Å²) in [7, 11) is 0. The molecule has 2 aromatic carbocycles. The average Bonchev–Trinajstić information content (AvgIpc) is 3.18. The first-order valence-corrected chi connectivity index (χ1v) is 15.5. The first-order chi connectivity index (χ1) is 18.8. The zero-order chi connectivity index (χ0) is 28.2. The number of benzene rings is 2. The molecule has 1 heterocycles. The van der Waals surface area contributed by atoms with Crippen LogP contribution in [0.15, 0.2) is 54.7 Å². The minimum Gasteiger partial charge on any atom is -0.392 e. The molecule has 3 nitrogen and oxygen atoms in total. The summed E-state index contributed by atoms with van der Waals surface area (Å²) >= 11 is 0. The molecular formula is C36H50IrNO2-. The maximum absolute atomic E-state index is 11.1. The van der Waals surface area contributed by atoms with Gasteiger partial charge in [-0.15, -0.1) is 35.9 Å². The Labute approximate surface area is 256 Å². The molecule has 2 saturated carbocycles. The van der Waals surface area contributed by atoms with E-state index in [2.05, 4.69) is 82.9 Å². The molecule has 5 rings (SSSR count). The van der Waals surface area contributed by atoms with Crippen LogP contribution in [-0.2, 0) is 20.1 Å². The van der Waals surface area contributed by atoms with E-state index in [-0.39, 0.29) is 49.1 Å². The quantitative estimate of drug-likeness (QED) is 0.250. The largest absolute Gasteiger partial charge is 0.392 e. The molecule has 221 valence electrons. The van der Waals surface area contributed by atoms with Crippen molar-refractivity contribution in [3.05, 3.63) is 66.4 Å². The molecule has 40 heavy (non-hydrogen) atoms. The Morgan fingerprint density at radius 3 is 2.20 bits per heavy atom. The molecule has 0 aliphatic heterocycles. The van der Waals surface area contributed by atoms with E-state index < -0.39 is 0 Å². The fraction of sp³-hybridized carbons (Fsp3) is 0.583. The molecule has 2 aliphatic rings. The van der Waals surface area contributed by atoms with E-state index in [1.165, 1.54) is 29.2 Å². The van der Waals surface area contributed by atoms with Crippen molar-refractivity contribution >= 4 is 10.8 Å². The molecule has 4 atom stereocenters. The zero-order valence-corrected chi connectivity index (χ0v) is 27.8. The van der Waals surface area contributed by atoms with E-state index in [4.69, 9.17) is 0 Å². The van der Waals surface area contributed by atoms with Crippen molar-refractivity contribution in [3.8, 4) is 11.3 Å². The number of aromatic nitrogens is 1. The molecule has 2 aliphatic carbocycles. The van der Waals surface area contributed by atoms with E-state index >= 15 is 0 Å². The SMILES string of the molecule is CC(C)c1ccc2ccnc(-c3[c-]cccc3)c2c1.CCC1(CC)CCCC2CC(CC)(CC)C(O)C2C1O.[Ir]. The van der Waals surface area contributed by atoms with Crippen LogP contribution in [-0.4, -0.2) is 27.4 Å². The van der Waals surface area contributed by atoms with E-state index in [0.29, 0.717) is 11.8 Å². The molecule has 0 spiro atoms. The van der Waals surface area contributed by atoms with Crippen LogP contribution in [0.3, 0.4) is 0 Å². The third-order valence-corrected chi connectivity index (χ3v) is 10.7. The van der Waals surface area contributed by atoms with Gasteiger partial charge in [0.25, 0.3) is 0 Å². The maximum Gasteiger partial charge on any atom is 0.0651 e. The van der Waals surface area contributed by atoms with Crippen LogP contribution in [0.5, 0.6) is 0 Å². The molecule has 0 bridgehead atoms. The summed E-state index contributed by atoms with van der Waals surface area (Å²) in [5.74, 6) is 1.16. The number of hydrogen-bond acceptors (Lipinski definition) is 3. The number of pyridine rings is 1. The second-order valence-electron chi connectivity index (χ2n) is 12.5. The third kappa shape index (κ3) is 6.26. The van der Waals surface area contributed by atoms with E-state index in [1.54, 1.807) is 0 Å². The van der Waals surface area contributed by atoms with Gasteiger partial charge in [0.1, 0.15) is 0 Å². The molecule has 0 saturated heterocycles. The minimum absolute atomic E-state index is 0. The topological polar surface area (TPSA) is 53.4 Å². The van der Waals surface area contributed by atoms with Gasteiger partial charge < -0.3 is 15.2 Å². The number of nitrogens with zero attached hydrogens (tertiary/aromatic N) is 1. The van der Waals surface area contributed by atoms with Crippen molar-refractivity contribution in [1.82, 2.24) is 4.98 Å². The van der Waals surface area contributed by atoms with E-state index in [1.807, 2.05) is 24.4 Å². The molecule has 1 aromatic heterocycles. The van der Waals surface area contributed by atoms with Crippen LogP contribution in [0.25, 0.3) is 22.0 Å². The number of aliphatic hydroxyl groups excluding tert-OH is 2. The summed E-state index contributed by atoms with van der Waals surface area (Å²) in [6.45, 7) is 13.3. The van der Waals surface area contributed by atoms with Gasteiger partial charge in [0.2, 0.25) is 0 Å². The van der Waals surface area contributed by atoms with Gasteiger partial charge in [-0.1, -0.05) is 66.2 Å². The number of fused-ring (bicyclic) bond motifs is 2. The molecular weight excluding hydrogens is 671 g/mol. The van der Waals surface area contributed by atoms with Crippen LogP contribution in [0.4, 0.5) is 0 Å². The summed E-state index contributed by atoms with van der Waals surface area (Å²) in [4.78, 5) is 4.55. The van der Waals surface area contributed by atoms with Crippen molar-refractivity contribution in [2.45, 2.75) is 111 Å². The fourth-order valence-electron chi connectivity index (χ4n) is 7.72. The second-order valence-corrected chi connectivity index (χ2v) is 12.5. The van der Waals surface area contributed by atoms with E-state index in [9.17, 15) is 10.2 Å². The van der Waals surface area contributed by atoms with Gasteiger partial charge in [0.15, 0.2) is 0 Å². The van der Waals surface area contributed by atoms with Crippen molar-refractivity contribution in [1.29, 1.82) is 0 Å².